The standard InChI is InChI=1S/C11H13NO4/c1-4-8-5-7(10(13)15-2)6-9(12-8)11(14)16-3/h5-6H,4H2,1-3H3. The van der Waals surface area contributed by atoms with Gasteiger partial charge in [-0.1, -0.05) is 6.92 Å². The van der Waals surface area contributed by atoms with Crippen molar-refractivity contribution in [3.05, 3.63) is 29.1 Å². The minimum Gasteiger partial charge on any atom is -0.465 e. The Bertz CT molecular complexity index is 380. The fraction of sp³-hybridized carbons (Fsp3) is 0.364. The van der Waals surface area contributed by atoms with Crippen LogP contribution in [-0.2, 0) is 15.9 Å². The molecule has 0 bridgehead atoms. The Labute approximate surface area is 93.4 Å². The molecule has 1 aromatic rings. The Kier molecular flexibility index (Phi) is 3.99. The van der Waals surface area contributed by atoms with E-state index in [1.807, 2.05) is 6.92 Å². The number of nitrogens with zero attached hydrogens (tertiary/aromatic N) is 1. The molecule has 0 radical (unpaired) electrons. The third-order valence-electron chi connectivity index (χ3n) is 2.06. The van der Waals surface area contributed by atoms with Gasteiger partial charge in [0.05, 0.1) is 19.8 Å². The van der Waals surface area contributed by atoms with E-state index in [1.54, 1.807) is 6.07 Å². The summed E-state index contributed by atoms with van der Waals surface area (Å²) in [4.78, 5) is 26.7. The Morgan fingerprint density at radius 2 is 1.81 bits per heavy atom. The Morgan fingerprint density at radius 1 is 1.19 bits per heavy atom. The molecule has 0 aliphatic carbocycles. The molecule has 0 saturated heterocycles. The predicted octanol–water partition coefficient (Wildman–Crippen LogP) is 1.22. The summed E-state index contributed by atoms with van der Waals surface area (Å²) in [6, 6.07) is 2.95. The molecular weight excluding hydrogens is 210 g/mol. The van der Waals surface area contributed by atoms with Crippen molar-refractivity contribution in [2.75, 3.05) is 14.2 Å². The molecule has 16 heavy (non-hydrogen) atoms. The zero-order chi connectivity index (χ0) is 12.1. The van der Waals surface area contributed by atoms with E-state index >= 15 is 0 Å². The van der Waals surface area contributed by atoms with Crippen LogP contribution < -0.4 is 0 Å². The third-order valence-corrected chi connectivity index (χ3v) is 2.06. The minimum absolute atomic E-state index is 0.113. The number of carbonyl (C=O) groups is 2. The van der Waals surface area contributed by atoms with Crippen molar-refractivity contribution >= 4 is 11.9 Å². The Morgan fingerprint density at radius 3 is 2.31 bits per heavy atom. The lowest BCUT2D eigenvalue weighted by Crippen LogP contribution is -2.10. The van der Waals surface area contributed by atoms with E-state index in [0.717, 1.165) is 0 Å². The summed E-state index contributed by atoms with van der Waals surface area (Å²) < 4.78 is 9.14. The van der Waals surface area contributed by atoms with Gasteiger partial charge in [-0.05, 0) is 18.6 Å². The second-order valence-electron chi connectivity index (χ2n) is 3.07. The largest absolute Gasteiger partial charge is 0.465 e. The molecule has 0 aliphatic heterocycles. The molecule has 5 heteroatoms. The van der Waals surface area contributed by atoms with Crippen molar-refractivity contribution in [1.29, 1.82) is 0 Å². The lowest BCUT2D eigenvalue weighted by molar-refractivity contribution is 0.0593. The Balaban J connectivity index is 3.20. The zero-order valence-electron chi connectivity index (χ0n) is 9.44. The molecule has 0 aliphatic rings. The van der Waals surface area contributed by atoms with Crippen molar-refractivity contribution in [2.45, 2.75) is 13.3 Å². The maximum absolute atomic E-state index is 11.3. The molecule has 0 atom stereocenters. The van der Waals surface area contributed by atoms with Crippen LogP contribution in [-0.4, -0.2) is 31.1 Å². The summed E-state index contributed by atoms with van der Waals surface area (Å²) in [5.74, 6) is -1.07. The average Bonchev–Trinajstić information content (AvgIpc) is 2.35. The van der Waals surface area contributed by atoms with Crippen LogP contribution in [0.25, 0.3) is 0 Å². The first kappa shape index (κ1) is 12.2. The van der Waals surface area contributed by atoms with E-state index in [2.05, 4.69) is 14.5 Å². The van der Waals surface area contributed by atoms with Gasteiger partial charge in [0.15, 0.2) is 0 Å². The van der Waals surface area contributed by atoms with Crippen LogP contribution in [0.3, 0.4) is 0 Å². The number of ether oxygens (including phenoxy) is 2. The number of hydrogen-bond donors (Lipinski definition) is 0. The summed E-state index contributed by atoms with van der Waals surface area (Å²) in [5.41, 5.74) is 1.06. The maximum atomic E-state index is 11.3. The summed E-state index contributed by atoms with van der Waals surface area (Å²) >= 11 is 0. The highest BCUT2D eigenvalue weighted by Gasteiger charge is 2.14. The average molecular weight is 223 g/mol. The number of carbonyl (C=O) groups excluding carboxylic acids is 2. The van der Waals surface area contributed by atoms with Crippen molar-refractivity contribution in [3.8, 4) is 0 Å². The van der Waals surface area contributed by atoms with Crippen LogP contribution in [0.4, 0.5) is 0 Å². The van der Waals surface area contributed by atoms with Crippen LogP contribution in [0.5, 0.6) is 0 Å². The summed E-state index contributed by atoms with van der Waals surface area (Å²) in [6.45, 7) is 1.88. The smallest absolute Gasteiger partial charge is 0.356 e. The zero-order valence-corrected chi connectivity index (χ0v) is 9.44. The van der Waals surface area contributed by atoms with Gasteiger partial charge >= 0.3 is 11.9 Å². The first-order chi connectivity index (χ1) is 7.62. The van der Waals surface area contributed by atoms with Crippen LogP contribution in [0.2, 0.25) is 0 Å². The van der Waals surface area contributed by atoms with Gasteiger partial charge in [-0.25, -0.2) is 14.6 Å². The first-order valence-electron chi connectivity index (χ1n) is 4.80. The Hall–Kier alpha value is -1.91. The third kappa shape index (κ3) is 2.56. The molecule has 86 valence electrons. The fourth-order valence-electron chi connectivity index (χ4n) is 1.21. The normalized spacial score (nSPS) is 9.69. The fourth-order valence-corrected chi connectivity index (χ4v) is 1.21. The second kappa shape index (κ2) is 5.25. The van der Waals surface area contributed by atoms with Gasteiger partial charge in [0.2, 0.25) is 0 Å². The minimum atomic E-state index is -0.569. The molecule has 0 spiro atoms. The van der Waals surface area contributed by atoms with Crippen LogP contribution in [0.15, 0.2) is 12.1 Å². The van der Waals surface area contributed by atoms with E-state index in [4.69, 9.17) is 0 Å². The van der Waals surface area contributed by atoms with Crippen molar-refractivity contribution in [3.63, 3.8) is 0 Å². The number of aromatic nitrogens is 1. The molecule has 0 aromatic carbocycles. The highest BCUT2D eigenvalue weighted by Crippen LogP contribution is 2.09. The second-order valence-corrected chi connectivity index (χ2v) is 3.07. The van der Waals surface area contributed by atoms with Gasteiger partial charge in [0.25, 0.3) is 0 Å². The number of rotatable bonds is 3. The molecule has 1 aromatic heterocycles. The molecule has 0 unspecified atom stereocenters. The molecule has 0 fully saturated rings. The van der Waals surface area contributed by atoms with Crippen molar-refractivity contribution in [1.82, 2.24) is 4.98 Å². The highest BCUT2D eigenvalue weighted by molar-refractivity contribution is 5.94. The van der Waals surface area contributed by atoms with Crippen molar-refractivity contribution < 1.29 is 19.1 Å². The van der Waals surface area contributed by atoms with E-state index in [0.29, 0.717) is 17.7 Å². The van der Waals surface area contributed by atoms with E-state index in [-0.39, 0.29) is 5.69 Å². The quantitative estimate of drug-likeness (QED) is 0.721. The molecule has 1 heterocycles. The number of pyridine rings is 1. The summed E-state index contributed by atoms with van der Waals surface area (Å²) in [5, 5.41) is 0. The molecule has 0 N–H and O–H groups in total. The predicted molar refractivity (Wildman–Crippen MR) is 56.3 cm³/mol. The first-order valence-corrected chi connectivity index (χ1v) is 4.80. The summed E-state index contributed by atoms with van der Waals surface area (Å²) in [6.07, 6.45) is 0.620. The van der Waals surface area contributed by atoms with Crippen molar-refractivity contribution in [2.24, 2.45) is 0 Å². The number of esters is 2. The maximum Gasteiger partial charge on any atom is 0.356 e. The molecule has 0 amide bonds. The van der Waals surface area contributed by atoms with Gasteiger partial charge in [-0.2, -0.15) is 0 Å². The van der Waals surface area contributed by atoms with Gasteiger partial charge in [0.1, 0.15) is 5.69 Å². The van der Waals surface area contributed by atoms with Crippen LogP contribution in [0, 0.1) is 0 Å². The lowest BCUT2D eigenvalue weighted by atomic mass is 10.1. The van der Waals surface area contributed by atoms with Gasteiger partial charge in [0, 0.05) is 5.69 Å². The molecule has 1 rings (SSSR count). The molecule has 5 nitrogen and oxygen atoms in total. The topological polar surface area (TPSA) is 65.5 Å². The number of aryl methyl sites for hydroxylation is 1. The van der Waals surface area contributed by atoms with Crippen LogP contribution in [0.1, 0.15) is 33.5 Å². The number of hydrogen-bond acceptors (Lipinski definition) is 5. The lowest BCUT2D eigenvalue weighted by Gasteiger charge is -2.05. The van der Waals surface area contributed by atoms with E-state index in [9.17, 15) is 9.59 Å². The number of methoxy groups -OCH3 is 2. The SMILES string of the molecule is CCc1cc(C(=O)OC)cc(C(=O)OC)n1. The van der Waals surface area contributed by atoms with E-state index < -0.39 is 11.9 Å². The van der Waals surface area contributed by atoms with E-state index in [1.165, 1.54) is 20.3 Å². The molecule has 0 saturated carbocycles. The van der Waals surface area contributed by atoms with Gasteiger partial charge in [-0.15, -0.1) is 0 Å². The highest BCUT2D eigenvalue weighted by atomic mass is 16.5. The van der Waals surface area contributed by atoms with Gasteiger partial charge in [-0.3, -0.25) is 0 Å². The van der Waals surface area contributed by atoms with Crippen LogP contribution >= 0.6 is 0 Å². The van der Waals surface area contributed by atoms with Gasteiger partial charge < -0.3 is 9.47 Å². The summed E-state index contributed by atoms with van der Waals surface area (Å²) in [7, 11) is 2.55. The molecular formula is C11H13NO4. The monoisotopic (exact) mass is 223 g/mol.